The summed E-state index contributed by atoms with van der Waals surface area (Å²) in [5.74, 6) is 0.679. The second-order valence-electron chi connectivity index (χ2n) is 3.37. The number of halogens is 1. The van der Waals surface area contributed by atoms with Crippen LogP contribution in [0.2, 0.25) is 0 Å². The summed E-state index contributed by atoms with van der Waals surface area (Å²) in [7, 11) is 0. The van der Waals surface area contributed by atoms with E-state index in [0.29, 0.717) is 5.82 Å². The Labute approximate surface area is 105 Å². The van der Waals surface area contributed by atoms with Gasteiger partial charge in [0.2, 0.25) is 0 Å². The van der Waals surface area contributed by atoms with Crippen molar-refractivity contribution in [1.29, 1.82) is 0 Å². The molecule has 0 aliphatic heterocycles. The second-order valence-corrected chi connectivity index (χ2v) is 5.14. The lowest BCUT2D eigenvalue weighted by atomic mass is 10.3. The highest BCUT2D eigenvalue weighted by Gasteiger charge is 2.14. The fraction of sp³-hybridized carbons (Fsp3) is 0. The van der Waals surface area contributed by atoms with Crippen molar-refractivity contribution in [2.24, 2.45) is 0 Å². The van der Waals surface area contributed by atoms with Gasteiger partial charge in [0, 0.05) is 10.7 Å². The van der Waals surface area contributed by atoms with E-state index in [1.165, 1.54) is 0 Å². The van der Waals surface area contributed by atoms with Crippen LogP contribution in [-0.2, 0) is 0 Å². The molecule has 2 N–H and O–H groups in total. The molecule has 0 aliphatic carbocycles. The number of fused-ring (bicyclic) bond motifs is 1. The van der Waals surface area contributed by atoms with Crippen LogP contribution in [0.15, 0.2) is 40.3 Å². The normalized spacial score (nSPS) is 11.1. The van der Waals surface area contributed by atoms with Crippen LogP contribution in [0.1, 0.15) is 0 Å². The van der Waals surface area contributed by atoms with Gasteiger partial charge in [-0.2, -0.15) is 0 Å². The summed E-state index contributed by atoms with van der Waals surface area (Å²) in [4.78, 5) is 5.60. The predicted octanol–water partition coefficient (Wildman–Crippen LogP) is 3.41. The first-order valence-electron chi connectivity index (χ1n) is 4.73. The van der Waals surface area contributed by atoms with E-state index in [1.807, 2.05) is 40.2 Å². The van der Waals surface area contributed by atoms with Gasteiger partial charge in [-0.25, -0.2) is 4.98 Å². The quantitative estimate of drug-likeness (QED) is 0.747. The van der Waals surface area contributed by atoms with E-state index < -0.39 is 0 Å². The monoisotopic (exact) mass is 293 g/mol. The van der Waals surface area contributed by atoms with Gasteiger partial charge in [0.05, 0.1) is 4.88 Å². The topological polar surface area (TPSA) is 43.3 Å². The fourth-order valence-electron chi connectivity index (χ4n) is 1.64. The van der Waals surface area contributed by atoms with E-state index in [1.54, 1.807) is 11.3 Å². The van der Waals surface area contributed by atoms with E-state index in [0.717, 1.165) is 20.7 Å². The van der Waals surface area contributed by atoms with Crippen LogP contribution in [0.3, 0.4) is 0 Å². The van der Waals surface area contributed by atoms with Gasteiger partial charge in [-0.15, -0.1) is 11.3 Å². The van der Waals surface area contributed by atoms with Gasteiger partial charge in [0.15, 0.2) is 0 Å². The molecular formula is C11H8BrN3S. The van der Waals surface area contributed by atoms with Crippen molar-refractivity contribution in [3.05, 3.63) is 40.3 Å². The van der Waals surface area contributed by atoms with Crippen molar-refractivity contribution < 1.29 is 0 Å². The zero-order chi connectivity index (χ0) is 11.1. The van der Waals surface area contributed by atoms with Gasteiger partial charge in [-0.1, -0.05) is 6.07 Å². The van der Waals surface area contributed by atoms with E-state index >= 15 is 0 Å². The molecule has 5 heteroatoms. The average Bonchev–Trinajstić information content (AvgIpc) is 2.84. The maximum Gasteiger partial charge on any atom is 0.139 e. The van der Waals surface area contributed by atoms with Crippen LogP contribution in [0.25, 0.3) is 16.2 Å². The van der Waals surface area contributed by atoms with E-state index in [2.05, 4.69) is 20.9 Å². The molecule has 3 aromatic heterocycles. The number of hydrogen-bond donors (Lipinski definition) is 1. The smallest absolute Gasteiger partial charge is 0.139 e. The third-order valence-corrected chi connectivity index (χ3v) is 4.24. The highest BCUT2D eigenvalue weighted by Crippen LogP contribution is 2.36. The van der Waals surface area contributed by atoms with Crippen LogP contribution < -0.4 is 5.73 Å². The lowest BCUT2D eigenvalue weighted by Crippen LogP contribution is -1.92. The minimum atomic E-state index is 0.679. The molecule has 0 aliphatic rings. The molecule has 3 heterocycles. The van der Waals surface area contributed by atoms with Crippen LogP contribution in [-0.4, -0.2) is 9.38 Å². The van der Waals surface area contributed by atoms with Crippen molar-refractivity contribution in [3.8, 4) is 10.6 Å². The third kappa shape index (κ3) is 1.36. The molecule has 0 radical (unpaired) electrons. The fourth-order valence-corrected chi connectivity index (χ4v) is 3.20. The van der Waals surface area contributed by atoms with Gasteiger partial charge in [0.25, 0.3) is 0 Å². The lowest BCUT2D eigenvalue weighted by molar-refractivity contribution is 1.20. The molecule has 80 valence electrons. The molecule has 0 bridgehead atoms. The molecule has 16 heavy (non-hydrogen) atoms. The Bertz CT molecular complexity index is 656. The Morgan fingerprint density at radius 3 is 2.88 bits per heavy atom. The number of thiophene rings is 1. The van der Waals surface area contributed by atoms with Crippen molar-refractivity contribution in [3.63, 3.8) is 0 Å². The highest BCUT2D eigenvalue weighted by atomic mass is 79.9. The first-order valence-corrected chi connectivity index (χ1v) is 6.40. The first-order chi connectivity index (χ1) is 7.77. The predicted molar refractivity (Wildman–Crippen MR) is 70.6 cm³/mol. The minimum absolute atomic E-state index is 0.679. The minimum Gasteiger partial charge on any atom is -0.383 e. The zero-order valence-electron chi connectivity index (χ0n) is 8.22. The van der Waals surface area contributed by atoms with Crippen molar-refractivity contribution in [2.45, 2.75) is 0 Å². The number of rotatable bonds is 1. The lowest BCUT2D eigenvalue weighted by Gasteiger charge is -1.96. The van der Waals surface area contributed by atoms with Crippen molar-refractivity contribution >= 4 is 38.7 Å². The number of anilines is 1. The molecule has 0 atom stereocenters. The number of aromatic nitrogens is 2. The van der Waals surface area contributed by atoms with Gasteiger partial charge in [-0.05, 0) is 39.5 Å². The number of imidazole rings is 1. The Hall–Kier alpha value is -1.33. The number of hydrogen-bond acceptors (Lipinski definition) is 3. The Morgan fingerprint density at radius 1 is 1.31 bits per heavy atom. The third-order valence-electron chi connectivity index (χ3n) is 2.40. The zero-order valence-corrected chi connectivity index (χ0v) is 10.6. The molecule has 0 saturated heterocycles. The van der Waals surface area contributed by atoms with Gasteiger partial charge in [0.1, 0.15) is 17.2 Å². The molecule has 0 saturated carbocycles. The SMILES string of the molecule is Nc1c(-c2sccc2Br)nc2ccccn12. The summed E-state index contributed by atoms with van der Waals surface area (Å²) in [6, 6.07) is 7.85. The van der Waals surface area contributed by atoms with Gasteiger partial charge < -0.3 is 5.73 Å². The molecule has 3 aromatic rings. The Morgan fingerprint density at radius 2 is 2.19 bits per heavy atom. The van der Waals surface area contributed by atoms with E-state index in [4.69, 9.17) is 5.73 Å². The van der Waals surface area contributed by atoms with Crippen LogP contribution in [0.4, 0.5) is 5.82 Å². The molecule has 0 unspecified atom stereocenters. The second kappa shape index (κ2) is 3.61. The summed E-state index contributed by atoms with van der Waals surface area (Å²) in [6.07, 6.45) is 1.92. The number of pyridine rings is 1. The van der Waals surface area contributed by atoms with Crippen molar-refractivity contribution in [1.82, 2.24) is 9.38 Å². The molecule has 3 nitrogen and oxygen atoms in total. The standard InChI is InChI=1S/C11H8BrN3S/c12-7-4-6-16-10(7)9-11(13)15-5-2-1-3-8(15)14-9/h1-6H,13H2. The number of nitrogens with zero attached hydrogens (tertiary/aromatic N) is 2. The summed E-state index contributed by atoms with van der Waals surface area (Å²) >= 11 is 5.13. The first kappa shape index (κ1) is 9.86. The molecule has 0 amide bonds. The van der Waals surface area contributed by atoms with Crippen molar-refractivity contribution in [2.75, 3.05) is 5.73 Å². The van der Waals surface area contributed by atoms with Gasteiger partial charge >= 0.3 is 0 Å². The largest absolute Gasteiger partial charge is 0.383 e. The van der Waals surface area contributed by atoms with Crippen LogP contribution >= 0.6 is 27.3 Å². The summed E-state index contributed by atoms with van der Waals surface area (Å²) in [5, 5.41) is 2.02. The summed E-state index contributed by atoms with van der Waals surface area (Å²) in [5.41, 5.74) is 7.80. The van der Waals surface area contributed by atoms with E-state index in [9.17, 15) is 0 Å². The molecule has 0 fully saturated rings. The molecule has 0 spiro atoms. The summed E-state index contributed by atoms with van der Waals surface area (Å²) < 4.78 is 2.93. The molecule has 0 aromatic carbocycles. The Kier molecular flexibility index (Phi) is 2.22. The number of nitrogen functional groups attached to an aromatic ring is 1. The maximum atomic E-state index is 6.09. The number of nitrogens with two attached hydrogens (primary N) is 1. The van der Waals surface area contributed by atoms with Crippen LogP contribution in [0, 0.1) is 0 Å². The summed E-state index contributed by atoms with van der Waals surface area (Å²) in [6.45, 7) is 0. The van der Waals surface area contributed by atoms with E-state index in [-0.39, 0.29) is 0 Å². The molecule has 3 rings (SSSR count). The Balaban J connectivity index is 2.33. The molecular weight excluding hydrogens is 286 g/mol. The average molecular weight is 294 g/mol. The highest BCUT2D eigenvalue weighted by molar-refractivity contribution is 9.10. The maximum absolute atomic E-state index is 6.09. The van der Waals surface area contributed by atoms with Gasteiger partial charge in [-0.3, -0.25) is 4.40 Å². The van der Waals surface area contributed by atoms with Crippen LogP contribution in [0.5, 0.6) is 0 Å².